The van der Waals surface area contributed by atoms with Gasteiger partial charge in [0.2, 0.25) is 0 Å². The van der Waals surface area contributed by atoms with Gasteiger partial charge in [-0.1, -0.05) is 128 Å². The lowest BCUT2D eigenvalue weighted by Crippen LogP contribution is -2.30. The molecule has 6 rings (SSSR count). The predicted molar refractivity (Wildman–Crippen MR) is 246 cm³/mol. The van der Waals surface area contributed by atoms with Gasteiger partial charge < -0.3 is 9.84 Å². The van der Waals surface area contributed by atoms with Crippen molar-refractivity contribution in [2.45, 2.75) is 177 Å². The first-order valence-corrected chi connectivity index (χ1v) is 25.0. The van der Waals surface area contributed by atoms with Crippen molar-refractivity contribution in [2.75, 3.05) is 13.2 Å². The molecule has 0 amide bonds. The van der Waals surface area contributed by atoms with Crippen LogP contribution in [0.1, 0.15) is 153 Å². The summed E-state index contributed by atoms with van der Waals surface area (Å²) in [6.07, 6.45) is 15.2. The van der Waals surface area contributed by atoms with Crippen LogP contribution in [0.5, 0.6) is 0 Å². The van der Waals surface area contributed by atoms with E-state index in [9.17, 15) is 31.5 Å². The van der Waals surface area contributed by atoms with Crippen molar-refractivity contribution in [3.8, 4) is 17.2 Å². The Balaban J connectivity index is 0.000000394. The molecule has 3 atom stereocenters. The summed E-state index contributed by atoms with van der Waals surface area (Å²) in [6.45, 7) is 7.58. The van der Waals surface area contributed by atoms with Gasteiger partial charge in [-0.15, -0.1) is 0 Å². The average Bonchev–Trinajstić information content (AvgIpc) is 3.91. The zero-order valence-corrected chi connectivity index (χ0v) is 38.4. The Hall–Kier alpha value is -4.05. The number of carboxylic acids is 1. The molecule has 0 bridgehead atoms. The second kappa shape index (κ2) is 23.8. The summed E-state index contributed by atoms with van der Waals surface area (Å²) in [5.74, 6) is -2.32. The number of alkyl halides is 3. The van der Waals surface area contributed by atoms with E-state index < -0.39 is 49.7 Å². The number of aryl methyl sites for hydroxylation is 1. The molecule has 4 aromatic rings. The van der Waals surface area contributed by atoms with Crippen LogP contribution in [0.15, 0.2) is 65.6 Å². The number of aromatic nitrogens is 1. The van der Waals surface area contributed by atoms with Crippen LogP contribution in [0.3, 0.4) is 0 Å². The van der Waals surface area contributed by atoms with E-state index in [1.807, 2.05) is 43.3 Å². The number of fused-ring (bicyclic) bond motifs is 2. The number of para-hydroxylation sites is 1. The van der Waals surface area contributed by atoms with E-state index >= 15 is 0 Å². The van der Waals surface area contributed by atoms with Crippen molar-refractivity contribution in [3.63, 3.8) is 0 Å². The van der Waals surface area contributed by atoms with E-state index in [4.69, 9.17) is 15.0 Å². The Morgan fingerprint density at radius 3 is 2.06 bits per heavy atom. The highest BCUT2D eigenvalue weighted by atomic mass is 32.2. The lowest BCUT2D eigenvalue weighted by atomic mass is 9.97. The number of unbranched alkanes of at least 4 members (excludes halogenated alkanes) is 14. The summed E-state index contributed by atoms with van der Waals surface area (Å²) in [4.78, 5) is 16.0. The van der Waals surface area contributed by atoms with Crippen LogP contribution >= 0.6 is 0 Å². The summed E-state index contributed by atoms with van der Waals surface area (Å²) >= 11 is 0. The maximum atomic E-state index is 14.6. The highest BCUT2D eigenvalue weighted by molar-refractivity contribution is 7.92. The van der Waals surface area contributed by atoms with Gasteiger partial charge in [0.05, 0.1) is 44.8 Å². The molecule has 2 saturated carbocycles. The number of sulfone groups is 1. The minimum atomic E-state index is -4.98. The molecule has 0 spiro atoms. The highest BCUT2D eigenvalue weighted by Gasteiger charge is 2.48. The van der Waals surface area contributed by atoms with Crippen LogP contribution in [-0.2, 0) is 25.5 Å². The van der Waals surface area contributed by atoms with Crippen molar-refractivity contribution < 1.29 is 36.2 Å². The van der Waals surface area contributed by atoms with E-state index in [2.05, 4.69) is 25.2 Å². The van der Waals surface area contributed by atoms with Crippen molar-refractivity contribution in [3.05, 3.63) is 71.8 Å². The van der Waals surface area contributed by atoms with Gasteiger partial charge in [-0.3, -0.25) is 10.1 Å². The number of carbonyl (C=O) groups is 1. The third-order valence-corrected chi connectivity index (χ3v) is 14.9. The van der Waals surface area contributed by atoms with E-state index in [0.29, 0.717) is 23.0 Å². The first-order chi connectivity index (χ1) is 30.2. The normalized spacial score (nSPS) is 18.3. The quantitative estimate of drug-likeness (QED) is 0.0525. The van der Waals surface area contributed by atoms with Gasteiger partial charge in [0.1, 0.15) is 5.54 Å². The molecule has 0 radical (unpaired) electrons. The van der Waals surface area contributed by atoms with Gasteiger partial charge in [-0.05, 0) is 99.5 Å². The fraction of sp³-hybridized carbons (Fsp3) is 0.588. The Morgan fingerprint density at radius 1 is 0.841 bits per heavy atom. The summed E-state index contributed by atoms with van der Waals surface area (Å²) in [6, 6.07) is 18.7. The Kier molecular flexibility index (Phi) is 18.8. The fourth-order valence-corrected chi connectivity index (χ4v) is 10.8. The van der Waals surface area contributed by atoms with Crippen LogP contribution in [0.25, 0.3) is 32.9 Å². The van der Waals surface area contributed by atoms with E-state index in [-0.39, 0.29) is 30.6 Å². The zero-order chi connectivity index (χ0) is 45.5. The summed E-state index contributed by atoms with van der Waals surface area (Å²) < 4.78 is 77.3. The zero-order valence-electron chi connectivity index (χ0n) is 37.6. The van der Waals surface area contributed by atoms with Crippen molar-refractivity contribution in [1.82, 2.24) is 10.3 Å². The van der Waals surface area contributed by atoms with Crippen molar-refractivity contribution in [2.24, 2.45) is 5.92 Å². The SMILES string of the molecule is CCCCCCCCCCNC1(C#N)CC1.CCCCCCCCCCO[C@@H]1C[C@H](S(=O)(=O)c2ccc(-c3cc(C)cc4cc5ccccc5nc34)cc2C(F)(F)F)C[C@H]1C(=O)O. The van der Waals surface area contributed by atoms with Crippen LogP contribution < -0.4 is 5.32 Å². The van der Waals surface area contributed by atoms with Crippen molar-refractivity contribution in [1.29, 1.82) is 5.26 Å². The molecule has 63 heavy (non-hydrogen) atoms. The second-order valence-electron chi connectivity index (χ2n) is 17.8. The summed E-state index contributed by atoms with van der Waals surface area (Å²) in [7, 11) is -4.56. The topological polar surface area (TPSA) is 129 Å². The van der Waals surface area contributed by atoms with E-state index in [0.717, 1.165) is 67.1 Å². The number of rotatable bonds is 24. The van der Waals surface area contributed by atoms with E-state index in [1.54, 1.807) is 6.07 Å². The predicted octanol–water partition coefficient (Wildman–Crippen LogP) is 13.3. The van der Waals surface area contributed by atoms with Gasteiger partial charge in [-0.2, -0.15) is 18.4 Å². The first kappa shape index (κ1) is 50.0. The average molecular weight is 892 g/mol. The lowest BCUT2D eigenvalue weighted by Gasteiger charge is -2.19. The molecule has 0 unspecified atom stereocenters. The van der Waals surface area contributed by atoms with Gasteiger partial charge in [0.25, 0.3) is 0 Å². The molecular weight excluding hydrogens is 824 g/mol. The smallest absolute Gasteiger partial charge is 0.417 e. The number of nitrogens with one attached hydrogen (secondary N) is 1. The highest BCUT2D eigenvalue weighted by Crippen LogP contribution is 2.43. The Bertz CT molecular complexity index is 2250. The molecule has 2 aliphatic carbocycles. The molecule has 8 nitrogen and oxygen atoms in total. The molecule has 12 heteroatoms. The van der Waals surface area contributed by atoms with Gasteiger partial charge in [-0.25, -0.2) is 13.4 Å². The molecule has 344 valence electrons. The second-order valence-corrected chi connectivity index (χ2v) is 20.0. The minimum absolute atomic E-state index is 0.110. The number of pyridine rings is 1. The number of benzene rings is 3. The molecule has 2 aliphatic rings. The maximum Gasteiger partial charge on any atom is 0.417 e. The van der Waals surface area contributed by atoms with Gasteiger partial charge in [0.15, 0.2) is 9.84 Å². The van der Waals surface area contributed by atoms with E-state index in [1.165, 1.54) is 83.1 Å². The largest absolute Gasteiger partial charge is 0.481 e. The number of halogens is 3. The number of aliphatic carboxylic acids is 1. The first-order valence-electron chi connectivity index (χ1n) is 23.5. The molecule has 1 aromatic heterocycles. The van der Waals surface area contributed by atoms with Gasteiger partial charge >= 0.3 is 12.1 Å². The fourth-order valence-electron chi connectivity index (χ4n) is 8.77. The number of nitriles is 1. The third-order valence-electron chi connectivity index (χ3n) is 12.7. The number of hydrogen-bond donors (Lipinski definition) is 2. The Morgan fingerprint density at radius 2 is 1.46 bits per heavy atom. The number of nitrogens with zero attached hydrogens (tertiary/aromatic N) is 2. The van der Waals surface area contributed by atoms with Crippen molar-refractivity contribution >= 4 is 37.6 Å². The van der Waals surface area contributed by atoms with Crippen LogP contribution in [0.2, 0.25) is 0 Å². The summed E-state index contributed by atoms with van der Waals surface area (Å²) in [5.41, 5.74) is 1.28. The lowest BCUT2D eigenvalue weighted by molar-refractivity contribution is -0.146. The molecule has 2 fully saturated rings. The van der Waals surface area contributed by atoms with Crippen LogP contribution in [0.4, 0.5) is 13.2 Å². The maximum absolute atomic E-state index is 14.6. The minimum Gasteiger partial charge on any atom is -0.481 e. The number of ether oxygens (including phenoxy) is 1. The van der Waals surface area contributed by atoms with Crippen LogP contribution in [0, 0.1) is 24.2 Å². The number of hydrogen-bond acceptors (Lipinski definition) is 7. The molecule has 1 heterocycles. The molecule has 0 aliphatic heterocycles. The molecule has 2 N–H and O–H groups in total. The standard InChI is InChI=1S/C37H42F3NO5S.C14H26N2/c1-3-4-5-6-7-8-9-12-17-46-33-23-28(22-30(33)36(42)43)47(44,45)34-16-15-25(21-31(34)37(38,39)40)29-19-24(2)18-27-20-26-13-10-11-14-32(26)41-35(27)29;1-2-3-4-5-6-7-8-9-12-16-14(13-15)10-11-14/h10-11,13-16,18-21,28,30,33H,3-9,12,17,22-23H2,1-2H3,(H,42,43);16H,2-12H2,1H3/t28-,30-,33-;/m1./s1. The summed E-state index contributed by atoms with van der Waals surface area (Å²) in [5, 5.41) is 22.4. The molecule has 0 saturated heterocycles. The monoisotopic (exact) mass is 891 g/mol. The number of carboxylic acid groups (broad SMARTS) is 1. The molecule has 3 aromatic carbocycles. The van der Waals surface area contributed by atoms with Crippen LogP contribution in [-0.4, -0.2) is 54.5 Å². The third kappa shape index (κ3) is 14.2. The van der Waals surface area contributed by atoms with Gasteiger partial charge in [0, 0.05) is 22.9 Å². The molecular formula is C51H68F3N3O5S. The Labute approximate surface area is 373 Å².